The molecule has 3 aromatic rings. The largest absolute Gasteiger partial charge is 0.424 e. The maximum atomic E-state index is 14.5. The zero-order chi connectivity index (χ0) is 19.2. The second-order valence-corrected chi connectivity index (χ2v) is 8.08. The molecule has 5 nitrogen and oxygen atoms in total. The Balaban J connectivity index is 2.26. The van der Waals surface area contributed by atoms with Crippen LogP contribution in [0, 0.1) is 18.6 Å². The summed E-state index contributed by atoms with van der Waals surface area (Å²) in [5, 5.41) is 0.474. The molecule has 9 heteroatoms. The van der Waals surface area contributed by atoms with Gasteiger partial charge in [0, 0.05) is 16.8 Å². The van der Waals surface area contributed by atoms with Crippen LogP contribution >= 0.6 is 11.6 Å². The average Bonchev–Trinajstić information content (AvgIpc) is 2.92. The molecule has 0 spiro atoms. The predicted octanol–water partition coefficient (Wildman–Crippen LogP) is 3.74. The van der Waals surface area contributed by atoms with E-state index in [0.29, 0.717) is 22.3 Å². The van der Waals surface area contributed by atoms with Crippen molar-refractivity contribution in [2.45, 2.75) is 11.8 Å². The van der Waals surface area contributed by atoms with Gasteiger partial charge in [-0.2, -0.15) is 0 Å². The fourth-order valence-corrected chi connectivity index (χ4v) is 3.36. The molecule has 1 heterocycles. The predicted molar refractivity (Wildman–Crippen MR) is 92.5 cm³/mol. The summed E-state index contributed by atoms with van der Waals surface area (Å²) in [6, 6.07) is 5.96. The minimum absolute atomic E-state index is 0.0619. The summed E-state index contributed by atoms with van der Waals surface area (Å²) in [6.45, 7) is 1.72. The number of hydrogen-bond donors (Lipinski definition) is 0. The molecule has 0 atom stereocenters. The third-order valence-electron chi connectivity index (χ3n) is 3.79. The van der Waals surface area contributed by atoms with Gasteiger partial charge in [0.2, 0.25) is 0 Å². The Kier molecular flexibility index (Phi) is 4.49. The fourth-order valence-electron chi connectivity index (χ4n) is 2.52. The van der Waals surface area contributed by atoms with E-state index in [1.807, 2.05) is 0 Å². The molecule has 0 amide bonds. The monoisotopic (exact) mass is 399 g/mol. The summed E-state index contributed by atoms with van der Waals surface area (Å²) in [4.78, 5) is 11.3. The van der Waals surface area contributed by atoms with E-state index < -0.39 is 32.1 Å². The van der Waals surface area contributed by atoms with Gasteiger partial charge in [0.05, 0.1) is 11.4 Å². The Morgan fingerprint density at radius 1 is 1.12 bits per heavy atom. The van der Waals surface area contributed by atoms with Crippen LogP contribution < -0.4 is 5.76 Å². The quantitative estimate of drug-likeness (QED) is 0.672. The minimum Gasteiger partial charge on any atom is -0.415 e. The highest BCUT2D eigenvalue weighted by Crippen LogP contribution is 2.29. The smallest absolute Gasteiger partial charge is 0.415 e. The number of sulfone groups is 1. The number of hydrogen-bond acceptors (Lipinski definition) is 4. The van der Waals surface area contributed by atoms with Gasteiger partial charge in [0.1, 0.15) is 22.8 Å². The molecule has 3 rings (SSSR count). The van der Waals surface area contributed by atoms with Crippen molar-refractivity contribution in [3.63, 3.8) is 0 Å². The van der Waals surface area contributed by atoms with Crippen molar-refractivity contribution in [1.29, 1.82) is 0 Å². The van der Waals surface area contributed by atoms with Crippen molar-refractivity contribution < 1.29 is 21.6 Å². The van der Waals surface area contributed by atoms with Gasteiger partial charge in [0.15, 0.2) is 9.84 Å². The molecule has 2 aromatic carbocycles. The Labute approximate surface area is 152 Å². The Bertz CT molecular complexity index is 1180. The molecule has 0 aliphatic heterocycles. The highest BCUT2D eigenvalue weighted by molar-refractivity contribution is 7.90. The molecule has 136 valence electrons. The SMILES string of the molecule is Cc1cc(-n2c(-c3cc(F)c(S(C)(=O)=O)cc3F)coc2=O)ccc1Cl. The van der Waals surface area contributed by atoms with E-state index in [2.05, 4.69) is 0 Å². The number of halogens is 3. The molecule has 0 saturated carbocycles. The van der Waals surface area contributed by atoms with Crippen LogP contribution in [-0.2, 0) is 9.84 Å². The molecule has 26 heavy (non-hydrogen) atoms. The van der Waals surface area contributed by atoms with Crippen LogP contribution in [0.15, 0.2) is 50.7 Å². The van der Waals surface area contributed by atoms with Gasteiger partial charge in [-0.05, 0) is 42.8 Å². The second-order valence-electron chi connectivity index (χ2n) is 5.69. The van der Waals surface area contributed by atoms with Gasteiger partial charge in [-0.1, -0.05) is 11.6 Å². The minimum atomic E-state index is -3.94. The lowest BCUT2D eigenvalue weighted by Gasteiger charge is -2.10. The van der Waals surface area contributed by atoms with E-state index in [4.69, 9.17) is 16.0 Å². The highest BCUT2D eigenvalue weighted by atomic mass is 35.5. The maximum absolute atomic E-state index is 14.5. The highest BCUT2D eigenvalue weighted by Gasteiger charge is 2.22. The lowest BCUT2D eigenvalue weighted by Crippen LogP contribution is -2.14. The Hall–Kier alpha value is -2.45. The van der Waals surface area contributed by atoms with Gasteiger partial charge in [-0.15, -0.1) is 0 Å². The maximum Gasteiger partial charge on any atom is 0.424 e. The first-order chi connectivity index (χ1) is 12.1. The third kappa shape index (κ3) is 3.17. The van der Waals surface area contributed by atoms with E-state index in [0.717, 1.165) is 23.2 Å². The first kappa shape index (κ1) is 18.3. The summed E-state index contributed by atoms with van der Waals surface area (Å²) >= 11 is 5.97. The van der Waals surface area contributed by atoms with Gasteiger partial charge >= 0.3 is 5.76 Å². The summed E-state index contributed by atoms with van der Waals surface area (Å²) < 4.78 is 57.6. The number of aromatic nitrogens is 1. The number of benzene rings is 2. The fraction of sp³-hybridized carbons (Fsp3) is 0.118. The van der Waals surface area contributed by atoms with E-state index in [9.17, 15) is 22.0 Å². The first-order valence-corrected chi connectivity index (χ1v) is 9.53. The topological polar surface area (TPSA) is 69.3 Å². The summed E-state index contributed by atoms with van der Waals surface area (Å²) in [6.07, 6.45) is 1.75. The number of oxazole rings is 1. The van der Waals surface area contributed by atoms with Crippen molar-refractivity contribution >= 4 is 21.4 Å². The summed E-state index contributed by atoms with van der Waals surface area (Å²) in [7, 11) is -3.94. The zero-order valence-corrected chi connectivity index (χ0v) is 15.2. The van der Waals surface area contributed by atoms with Crippen LogP contribution in [0.25, 0.3) is 16.9 Å². The normalized spacial score (nSPS) is 11.7. The van der Waals surface area contributed by atoms with Crippen LogP contribution in [0.5, 0.6) is 0 Å². The van der Waals surface area contributed by atoms with Crippen molar-refractivity contribution in [1.82, 2.24) is 4.57 Å². The average molecular weight is 400 g/mol. The van der Waals surface area contributed by atoms with E-state index in [1.54, 1.807) is 19.1 Å². The van der Waals surface area contributed by atoms with E-state index in [1.165, 1.54) is 6.07 Å². The van der Waals surface area contributed by atoms with Crippen LogP contribution in [-0.4, -0.2) is 19.2 Å². The van der Waals surface area contributed by atoms with Crippen LogP contribution in [0.3, 0.4) is 0 Å². The van der Waals surface area contributed by atoms with Crippen LogP contribution in [0.4, 0.5) is 8.78 Å². The number of aryl methyl sites for hydroxylation is 1. The first-order valence-electron chi connectivity index (χ1n) is 7.26. The van der Waals surface area contributed by atoms with Gasteiger partial charge in [0.25, 0.3) is 0 Å². The van der Waals surface area contributed by atoms with Gasteiger partial charge in [-0.3, -0.25) is 0 Å². The van der Waals surface area contributed by atoms with Gasteiger partial charge < -0.3 is 4.42 Å². The molecule has 0 saturated heterocycles. The molecule has 0 bridgehead atoms. The molecule has 0 unspecified atom stereocenters. The van der Waals surface area contributed by atoms with Crippen molar-refractivity contribution in [3.8, 4) is 16.9 Å². The van der Waals surface area contributed by atoms with Crippen LogP contribution in [0.2, 0.25) is 5.02 Å². The number of rotatable bonds is 3. The van der Waals surface area contributed by atoms with Crippen molar-refractivity contribution in [2.24, 2.45) is 0 Å². The molecule has 0 radical (unpaired) electrons. The molecule has 1 aromatic heterocycles. The van der Waals surface area contributed by atoms with Crippen molar-refractivity contribution in [3.05, 3.63) is 69.4 Å². The molecule has 0 N–H and O–H groups in total. The summed E-state index contributed by atoms with van der Waals surface area (Å²) in [5.41, 5.74) is 0.636. The van der Waals surface area contributed by atoms with E-state index >= 15 is 0 Å². The zero-order valence-electron chi connectivity index (χ0n) is 13.6. The summed E-state index contributed by atoms with van der Waals surface area (Å²) in [5.74, 6) is -2.95. The van der Waals surface area contributed by atoms with Crippen molar-refractivity contribution in [2.75, 3.05) is 6.26 Å². The standard InChI is InChI=1S/C17H12ClF2NO4S/c1-9-5-10(3-4-12(9)18)21-15(8-25-17(21)22)11-6-14(20)16(7-13(11)19)26(2,23)24/h3-8H,1-2H3. The van der Waals surface area contributed by atoms with Gasteiger partial charge in [-0.25, -0.2) is 26.6 Å². The Morgan fingerprint density at radius 2 is 1.81 bits per heavy atom. The second kappa shape index (κ2) is 6.37. The number of nitrogens with zero attached hydrogens (tertiary/aromatic N) is 1. The molecular weight excluding hydrogens is 388 g/mol. The Morgan fingerprint density at radius 3 is 2.42 bits per heavy atom. The molecule has 0 aliphatic rings. The van der Waals surface area contributed by atoms with Crippen LogP contribution in [0.1, 0.15) is 5.56 Å². The lowest BCUT2D eigenvalue weighted by molar-refractivity contribution is 0.504. The molecule has 0 aliphatic carbocycles. The van der Waals surface area contributed by atoms with E-state index in [-0.39, 0.29) is 11.3 Å². The molecular formula is C17H12ClF2NO4S. The molecule has 0 fully saturated rings. The lowest BCUT2D eigenvalue weighted by atomic mass is 10.1. The third-order valence-corrected chi connectivity index (χ3v) is 5.33.